The maximum absolute atomic E-state index is 14.0. The van der Waals surface area contributed by atoms with Crippen LogP contribution >= 0.6 is 0 Å². The standard InChI is InChI=1S/C22H27F2N3O3/c1-29-20-9-8-14(21(25-20)30-2)22(15(12-28)13-6-4-3-5-7-13)26-18-10-16(23)17(24)11-19(18)27-22/h8-11,13,15,26-28H,3-7,12H2,1-2H3. The second-order valence-corrected chi connectivity index (χ2v) is 7.97. The van der Waals surface area contributed by atoms with Crippen molar-refractivity contribution in [2.75, 3.05) is 31.5 Å². The Kier molecular flexibility index (Phi) is 5.69. The number of rotatable bonds is 6. The molecule has 0 amide bonds. The van der Waals surface area contributed by atoms with E-state index in [0.717, 1.165) is 37.8 Å². The van der Waals surface area contributed by atoms with Gasteiger partial charge in [-0.25, -0.2) is 8.78 Å². The van der Waals surface area contributed by atoms with Crippen molar-refractivity contribution in [2.24, 2.45) is 11.8 Å². The van der Waals surface area contributed by atoms with Gasteiger partial charge in [0.2, 0.25) is 11.8 Å². The molecule has 1 saturated carbocycles. The Labute approximate surface area is 174 Å². The maximum atomic E-state index is 14.0. The van der Waals surface area contributed by atoms with E-state index >= 15 is 0 Å². The first-order valence-corrected chi connectivity index (χ1v) is 10.3. The summed E-state index contributed by atoms with van der Waals surface area (Å²) in [7, 11) is 3.03. The highest BCUT2D eigenvalue weighted by Gasteiger charge is 2.50. The lowest BCUT2D eigenvalue weighted by atomic mass is 9.72. The number of aliphatic hydroxyl groups is 1. The number of aliphatic hydroxyl groups excluding tert-OH is 1. The van der Waals surface area contributed by atoms with Crippen molar-refractivity contribution in [1.82, 2.24) is 4.98 Å². The molecule has 0 radical (unpaired) electrons. The van der Waals surface area contributed by atoms with Crippen molar-refractivity contribution < 1.29 is 23.4 Å². The SMILES string of the molecule is COc1ccc(C2(C(CO)C3CCCCC3)Nc3cc(F)c(F)cc3N2)c(OC)n1. The van der Waals surface area contributed by atoms with E-state index in [1.54, 1.807) is 6.07 Å². The minimum absolute atomic E-state index is 0.112. The minimum Gasteiger partial charge on any atom is -0.481 e. The van der Waals surface area contributed by atoms with E-state index in [9.17, 15) is 13.9 Å². The smallest absolute Gasteiger partial charge is 0.223 e. The molecule has 0 spiro atoms. The number of ether oxygens (including phenoxy) is 2. The van der Waals surface area contributed by atoms with Gasteiger partial charge in [-0.1, -0.05) is 19.3 Å². The molecule has 1 unspecified atom stereocenters. The molecule has 1 fully saturated rings. The average molecular weight is 419 g/mol. The van der Waals surface area contributed by atoms with E-state index in [4.69, 9.17) is 9.47 Å². The number of halogens is 2. The van der Waals surface area contributed by atoms with Crippen LogP contribution in [0, 0.1) is 23.5 Å². The molecule has 0 saturated heterocycles. The van der Waals surface area contributed by atoms with Crippen molar-refractivity contribution in [3.05, 3.63) is 41.5 Å². The van der Waals surface area contributed by atoms with Crippen LogP contribution in [0.3, 0.4) is 0 Å². The van der Waals surface area contributed by atoms with E-state index in [1.165, 1.54) is 20.6 Å². The number of methoxy groups -OCH3 is 2. The molecule has 30 heavy (non-hydrogen) atoms. The zero-order valence-corrected chi connectivity index (χ0v) is 17.2. The normalized spacial score (nSPS) is 18.8. The summed E-state index contributed by atoms with van der Waals surface area (Å²) in [5.41, 5.74) is 0.471. The third kappa shape index (κ3) is 3.43. The summed E-state index contributed by atoms with van der Waals surface area (Å²) in [4.78, 5) is 4.40. The molecule has 2 aromatic rings. The highest BCUT2D eigenvalue weighted by Crippen LogP contribution is 2.50. The molecule has 2 heterocycles. The Morgan fingerprint density at radius 2 is 1.70 bits per heavy atom. The highest BCUT2D eigenvalue weighted by molar-refractivity contribution is 5.78. The summed E-state index contributed by atoms with van der Waals surface area (Å²) >= 11 is 0. The Balaban J connectivity index is 1.86. The largest absolute Gasteiger partial charge is 0.481 e. The lowest BCUT2D eigenvalue weighted by molar-refractivity contribution is 0.0988. The fraction of sp³-hybridized carbons (Fsp3) is 0.500. The zero-order valence-electron chi connectivity index (χ0n) is 17.2. The number of hydrogen-bond acceptors (Lipinski definition) is 6. The average Bonchev–Trinajstić information content (AvgIpc) is 3.13. The number of aromatic nitrogens is 1. The predicted octanol–water partition coefficient (Wildman–Crippen LogP) is 4.26. The van der Waals surface area contributed by atoms with E-state index in [1.807, 2.05) is 6.07 Å². The van der Waals surface area contributed by atoms with E-state index in [2.05, 4.69) is 15.6 Å². The molecular weight excluding hydrogens is 392 g/mol. The first-order chi connectivity index (χ1) is 14.5. The summed E-state index contributed by atoms with van der Waals surface area (Å²) in [5.74, 6) is -1.22. The molecule has 1 aromatic carbocycles. The van der Waals surface area contributed by atoms with Crippen LogP contribution in [0.4, 0.5) is 20.2 Å². The van der Waals surface area contributed by atoms with Crippen LogP contribution in [-0.2, 0) is 5.66 Å². The molecule has 6 nitrogen and oxygen atoms in total. The molecular formula is C22H27F2N3O3. The number of fused-ring (bicyclic) bond motifs is 1. The topological polar surface area (TPSA) is 75.6 Å². The van der Waals surface area contributed by atoms with Crippen LogP contribution < -0.4 is 20.1 Å². The fourth-order valence-corrected chi connectivity index (χ4v) is 4.90. The Bertz CT molecular complexity index is 888. The summed E-state index contributed by atoms with van der Waals surface area (Å²) in [6.07, 6.45) is 5.30. The van der Waals surface area contributed by atoms with Gasteiger partial charge in [-0.05, 0) is 24.8 Å². The third-order valence-corrected chi connectivity index (χ3v) is 6.36. The predicted molar refractivity (Wildman–Crippen MR) is 110 cm³/mol. The van der Waals surface area contributed by atoms with Crippen molar-refractivity contribution in [2.45, 2.75) is 37.8 Å². The number of benzene rings is 1. The molecule has 4 rings (SSSR count). The van der Waals surface area contributed by atoms with E-state index in [0.29, 0.717) is 28.7 Å². The lowest BCUT2D eigenvalue weighted by Crippen LogP contribution is -2.51. The van der Waals surface area contributed by atoms with Gasteiger partial charge >= 0.3 is 0 Å². The molecule has 1 aliphatic carbocycles. The van der Waals surface area contributed by atoms with Crippen molar-refractivity contribution in [3.63, 3.8) is 0 Å². The van der Waals surface area contributed by atoms with E-state index < -0.39 is 17.3 Å². The van der Waals surface area contributed by atoms with Crippen molar-refractivity contribution >= 4 is 11.4 Å². The number of pyridine rings is 1. The fourth-order valence-electron chi connectivity index (χ4n) is 4.90. The van der Waals surface area contributed by atoms with Crippen molar-refractivity contribution in [3.8, 4) is 11.8 Å². The van der Waals surface area contributed by atoms with Crippen LogP contribution in [0.2, 0.25) is 0 Å². The minimum atomic E-state index is -1.04. The lowest BCUT2D eigenvalue weighted by Gasteiger charge is -2.43. The van der Waals surface area contributed by atoms with Gasteiger partial charge < -0.3 is 25.2 Å². The van der Waals surface area contributed by atoms with Gasteiger partial charge in [-0.3, -0.25) is 0 Å². The summed E-state index contributed by atoms with van der Waals surface area (Å²) in [6.45, 7) is -0.112. The highest BCUT2D eigenvalue weighted by atomic mass is 19.2. The Morgan fingerprint density at radius 1 is 1.07 bits per heavy atom. The maximum Gasteiger partial charge on any atom is 0.223 e. The number of anilines is 2. The number of nitrogens with one attached hydrogen (secondary N) is 2. The van der Waals surface area contributed by atoms with Gasteiger partial charge in [-0.2, -0.15) is 4.98 Å². The molecule has 0 bridgehead atoms. The molecule has 162 valence electrons. The summed E-state index contributed by atoms with van der Waals surface area (Å²) in [5, 5.41) is 17.2. The second-order valence-electron chi connectivity index (χ2n) is 7.97. The third-order valence-electron chi connectivity index (χ3n) is 6.36. The van der Waals surface area contributed by atoms with Gasteiger partial charge in [0.25, 0.3) is 0 Å². The first kappa shape index (κ1) is 20.7. The molecule has 1 aliphatic heterocycles. The summed E-state index contributed by atoms with van der Waals surface area (Å²) < 4.78 is 38.7. The molecule has 2 aliphatic rings. The number of nitrogens with zero attached hydrogens (tertiary/aromatic N) is 1. The Morgan fingerprint density at radius 3 is 2.23 bits per heavy atom. The van der Waals surface area contributed by atoms with Gasteiger partial charge in [-0.15, -0.1) is 0 Å². The quantitative estimate of drug-likeness (QED) is 0.650. The number of hydrogen-bond donors (Lipinski definition) is 3. The Hall–Kier alpha value is -2.61. The molecule has 8 heteroatoms. The van der Waals surface area contributed by atoms with E-state index in [-0.39, 0.29) is 18.4 Å². The monoisotopic (exact) mass is 419 g/mol. The van der Waals surface area contributed by atoms with Gasteiger partial charge in [0, 0.05) is 24.1 Å². The molecule has 1 atom stereocenters. The zero-order chi connectivity index (χ0) is 21.3. The first-order valence-electron chi connectivity index (χ1n) is 10.3. The molecule has 3 N–H and O–H groups in total. The van der Waals surface area contributed by atoms with Crippen LogP contribution in [0.1, 0.15) is 37.7 Å². The van der Waals surface area contributed by atoms with Crippen LogP contribution in [0.5, 0.6) is 11.8 Å². The summed E-state index contributed by atoms with van der Waals surface area (Å²) in [6, 6.07) is 5.80. The molecule has 1 aromatic heterocycles. The van der Waals surface area contributed by atoms with Gasteiger partial charge in [0.05, 0.1) is 37.8 Å². The van der Waals surface area contributed by atoms with Crippen molar-refractivity contribution in [1.29, 1.82) is 0 Å². The van der Waals surface area contributed by atoms with Crippen LogP contribution in [0.15, 0.2) is 24.3 Å². The van der Waals surface area contributed by atoms with Gasteiger partial charge in [0.1, 0.15) is 5.66 Å². The van der Waals surface area contributed by atoms with Crippen LogP contribution in [-0.4, -0.2) is 30.9 Å². The van der Waals surface area contributed by atoms with Gasteiger partial charge in [0.15, 0.2) is 11.6 Å². The second kappa shape index (κ2) is 8.26. The van der Waals surface area contributed by atoms with Crippen LogP contribution in [0.25, 0.3) is 0 Å².